The van der Waals surface area contributed by atoms with Gasteiger partial charge in [0.25, 0.3) is 0 Å². The van der Waals surface area contributed by atoms with E-state index >= 15 is 0 Å². The van der Waals surface area contributed by atoms with Gasteiger partial charge in [-0.15, -0.1) is 0 Å². The van der Waals surface area contributed by atoms with Crippen molar-refractivity contribution in [2.45, 2.75) is 13.3 Å². The number of hydrogen-bond donors (Lipinski definition) is 1. The predicted molar refractivity (Wildman–Crippen MR) is 62.7 cm³/mol. The predicted octanol–water partition coefficient (Wildman–Crippen LogP) is 2.81. The Kier molecular flexibility index (Phi) is 3.14. The van der Waals surface area contributed by atoms with Crippen molar-refractivity contribution in [3.05, 3.63) is 42.4 Å². The summed E-state index contributed by atoms with van der Waals surface area (Å²) in [7, 11) is 0. The van der Waals surface area contributed by atoms with Gasteiger partial charge in [0.05, 0.1) is 0 Å². The highest BCUT2D eigenvalue weighted by Gasteiger charge is 2.15. The van der Waals surface area contributed by atoms with Gasteiger partial charge < -0.3 is 14.6 Å². The van der Waals surface area contributed by atoms with Gasteiger partial charge in [0.15, 0.2) is 11.5 Å². The number of allylic oxidation sites excluding steroid dienone is 1. The van der Waals surface area contributed by atoms with Gasteiger partial charge >= 0.3 is 5.97 Å². The van der Waals surface area contributed by atoms with Crippen molar-refractivity contribution in [2.24, 2.45) is 0 Å². The summed E-state index contributed by atoms with van der Waals surface area (Å²) in [5.74, 6) is 0.186. The Balaban J connectivity index is 2.49. The molecule has 0 aromatic heterocycles. The van der Waals surface area contributed by atoms with Crippen molar-refractivity contribution in [2.75, 3.05) is 0 Å². The molecule has 1 aliphatic heterocycles. The molecular weight excluding hydrogens is 220 g/mol. The van der Waals surface area contributed by atoms with Crippen LogP contribution in [0, 0.1) is 0 Å². The lowest BCUT2D eigenvalue weighted by atomic mass is 10.0. The van der Waals surface area contributed by atoms with Crippen LogP contribution in [-0.4, -0.2) is 11.1 Å². The Labute approximate surface area is 98.8 Å². The van der Waals surface area contributed by atoms with Crippen LogP contribution in [-0.2, 0) is 4.79 Å². The van der Waals surface area contributed by atoms with Crippen LogP contribution in [0.15, 0.2) is 36.8 Å². The lowest BCUT2D eigenvalue weighted by Crippen LogP contribution is -2.00. The fourth-order valence-electron chi connectivity index (χ4n) is 1.70. The number of hydrogen-bond acceptors (Lipinski definition) is 3. The van der Waals surface area contributed by atoms with E-state index in [1.54, 1.807) is 6.07 Å². The molecule has 0 atom stereocenters. The maximum Gasteiger partial charge on any atom is 0.328 e. The number of benzene rings is 1. The molecule has 1 aliphatic rings. The number of aliphatic carboxylic acids is 1. The Morgan fingerprint density at radius 2 is 2.12 bits per heavy atom. The first kappa shape index (κ1) is 11.3. The fraction of sp³-hybridized carbons (Fsp3) is 0.154. The van der Waals surface area contributed by atoms with E-state index in [-0.39, 0.29) is 0 Å². The van der Waals surface area contributed by atoms with Crippen LogP contribution in [0.2, 0.25) is 0 Å². The molecule has 0 fully saturated rings. The normalized spacial score (nSPS) is 13.6. The highest BCUT2D eigenvalue weighted by molar-refractivity contribution is 5.91. The highest BCUT2D eigenvalue weighted by Crippen LogP contribution is 2.38. The molecule has 1 N–H and O–H groups in total. The molecule has 17 heavy (non-hydrogen) atoms. The summed E-state index contributed by atoms with van der Waals surface area (Å²) in [6.45, 7) is 1.90. The number of ether oxygens (including phenoxy) is 2. The molecule has 0 amide bonds. The molecular formula is C13H12O4. The average Bonchev–Trinajstić information content (AvgIpc) is 2.35. The van der Waals surface area contributed by atoms with Gasteiger partial charge in [-0.05, 0) is 18.1 Å². The third kappa shape index (κ3) is 2.30. The summed E-state index contributed by atoms with van der Waals surface area (Å²) in [4.78, 5) is 10.7. The first-order chi connectivity index (χ1) is 8.22. The first-order valence-electron chi connectivity index (χ1n) is 5.27. The monoisotopic (exact) mass is 232 g/mol. The number of carbonyl (C=O) groups is 1. The van der Waals surface area contributed by atoms with E-state index in [2.05, 4.69) is 0 Å². The molecule has 88 valence electrons. The first-order valence-corrected chi connectivity index (χ1v) is 5.27. The molecule has 0 aliphatic carbocycles. The minimum absolute atomic E-state index is 0.560. The van der Waals surface area contributed by atoms with Gasteiger partial charge in [0.1, 0.15) is 12.5 Å². The van der Waals surface area contributed by atoms with Crippen LogP contribution in [0.3, 0.4) is 0 Å². The van der Waals surface area contributed by atoms with Gasteiger partial charge in [-0.2, -0.15) is 0 Å². The Morgan fingerprint density at radius 3 is 2.82 bits per heavy atom. The van der Waals surface area contributed by atoms with Crippen LogP contribution >= 0.6 is 0 Å². The summed E-state index contributed by atoms with van der Waals surface area (Å²) in [6.07, 6.45) is 4.67. The Bertz CT molecular complexity index is 500. The molecule has 1 aromatic rings. The van der Waals surface area contributed by atoms with E-state index in [0.717, 1.165) is 5.56 Å². The van der Waals surface area contributed by atoms with Crippen molar-refractivity contribution < 1.29 is 19.4 Å². The number of fused-ring (bicyclic) bond motifs is 1. The maximum atomic E-state index is 10.7. The number of para-hydroxylation sites is 1. The van der Waals surface area contributed by atoms with Crippen molar-refractivity contribution in [3.8, 4) is 11.5 Å². The quantitative estimate of drug-likeness (QED) is 0.814. The lowest BCUT2D eigenvalue weighted by Gasteiger charge is -2.16. The van der Waals surface area contributed by atoms with E-state index in [4.69, 9.17) is 14.6 Å². The topological polar surface area (TPSA) is 55.8 Å². The van der Waals surface area contributed by atoms with E-state index in [0.29, 0.717) is 23.5 Å². The molecule has 0 spiro atoms. The van der Waals surface area contributed by atoms with Crippen molar-refractivity contribution in [1.82, 2.24) is 0 Å². The molecule has 0 radical (unpaired) electrons. The minimum atomic E-state index is -0.966. The standard InChI is InChI=1S/C13H12O4/c1-2-9(8-12(14)15)10-4-3-5-11-13(10)17-7-6-16-11/h3-8H,2H2,1H3,(H,14,15). The molecule has 0 bridgehead atoms. The summed E-state index contributed by atoms with van der Waals surface area (Å²) in [5, 5.41) is 8.82. The van der Waals surface area contributed by atoms with Gasteiger partial charge in [0.2, 0.25) is 0 Å². The van der Waals surface area contributed by atoms with Crippen LogP contribution < -0.4 is 9.47 Å². The van der Waals surface area contributed by atoms with Gasteiger partial charge in [0, 0.05) is 11.6 Å². The summed E-state index contributed by atoms with van der Waals surface area (Å²) in [5.41, 5.74) is 1.45. The zero-order valence-corrected chi connectivity index (χ0v) is 9.34. The van der Waals surface area contributed by atoms with Crippen LogP contribution in [0.4, 0.5) is 0 Å². The second-order valence-corrected chi connectivity index (χ2v) is 3.50. The number of carboxylic acid groups (broad SMARTS) is 1. The van der Waals surface area contributed by atoms with E-state index in [9.17, 15) is 4.79 Å². The summed E-state index contributed by atoms with van der Waals surface area (Å²) in [6, 6.07) is 5.40. The zero-order valence-electron chi connectivity index (χ0n) is 9.34. The zero-order chi connectivity index (χ0) is 12.3. The number of rotatable bonds is 3. The summed E-state index contributed by atoms with van der Waals surface area (Å²) < 4.78 is 10.7. The number of carboxylic acids is 1. The van der Waals surface area contributed by atoms with Gasteiger partial charge in [-0.3, -0.25) is 0 Å². The highest BCUT2D eigenvalue weighted by atomic mass is 16.5. The van der Waals surface area contributed by atoms with Crippen molar-refractivity contribution in [1.29, 1.82) is 0 Å². The average molecular weight is 232 g/mol. The lowest BCUT2D eigenvalue weighted by molar-refractivity contribution is -0.131. The van der Waals surface area contributed by atoms with Gasteiger partial charge in [-0.1, -0.05) is 19.1 Å². The van der Waals surface area contributed by atoms with Crippen LogP contribution in [0.5, 0.6) is 11.5 Å². The Hall–Kier alpha value is -2.23. The van der Waals surface area contributed by atoms with E-state index < -0.39 is 5.97 Å². The molecule has 0 saturated carbocycles. The molecule has 4 nitrogen and oxygen atoms in total. The second-order valence-electron chi connectivity index (χ2n) is 3.50. The van der Waals surface area contributed by atoms with Crippen molar-refractivity contribution in [3.63, 3.8) is 0 Å². The fourth-order valence-corrected chi connectivity index (χ4v) is 1.70. The Morgan fingerprint density at radius 1 is 1.35 bits per heavy atom. The van der Waals surface area contributed by atoms with E-state index in [1.807, 2.05) is 19.1 Å². The third-order valence-corrected chi connectivity index (χ3v) is 2.44. The third-order valence-electron chi connectivity index (χ3n) is 2.44. The largest absolute Gasteiger partial charge is 0.478 e. The summed E-state index contributed by atoms with van der Waals surface area (Å²) >= 11 is 0. The molecule has 1 aromatic carbocycles. The molecule has 0 saturated heterocycles. The van der Waals surface area contributed by atoms with Crippen LogP contribution in [0.25, 0.3) is 5.57 Å². The van der Waals surface area contributed by atoms with Crippen molar-refractivity contribution >= 4 is 11.5 Å². The van der Waals surface area contributed by atoms with Crippen LogP contribution in [0.1, 0.15) is 18.9 Å². The smallest absolute Gasteiger partial charge is 0.328 e. The SMILES string of the molecule is CCC(=CC(=O)O)c1cccc2c1OC=CO2. The molecule has 2 rings (SSSR count). The molecule has 0 unspecified atom stereocenters. The van der Waals surface area contributed by atoms with E-state index in [1.165, 1.54) is 18.6 Å². The minimum Gasteiger partial charge on any atom is -0.478 e. The molecule has 1 heterocycles. The van der Waals surface area contributed by atoms with Gasteiger partial charge in [-0.25, -0.2) is 4.79 Å². The second kappa shape index (κ2) is 4.74. The molecule has 4 heteroatoms. The maximum absolute atomic E-state index is 10.7.